The summed E-state index contributed by atoms with van der Waals surface area (Å²) in [6.07, 6.45) is 5.08. The highest BCUT2D eigenvalue weighted by Crippen LogP contribution is 2.09. The molecule has 0 spiro atoms. The van der Waals surface area contributed by atoms with Crippen molar-refractivity contribution in [1.82, 2.24) is 9.97 Å². The van der Waals surface area contributed by atoms with Crippen molar-refractivity contribution in [2.45, 2.75) is 0 Å². The number of benzene rings is 2. The minimum Gasteiger partial charge on any atom is -0.410 e. The van der Waals surface area contributed by atoms with Crippen LogP contribution in [0.3, 0.4) is 0 Å². The van der Waals surface area contributed by atoms with Gasteiger partial charge in [0.25, 0.3) is 0 Å². The highest BCUT2D eigenvalue weighted by Gasteiger charge is 2.05. The van der Waals surface area contributed by atoms with Gasteiger partial charge in [0.15, 0.2) is 0 Å². The van der Waals surface area contributed by atoms with Crippen molar-refractivity contribution in [3.63, 3.8) is 0 Å². The molecule has 1 heterocycles. The maximum Gasteiger partial charge on any atom is 0.117 e. The number of hydrogen-bond donors (Lipinski definition) is 2. The van der Waals surface area contributed by atoms with Crippen LogP contribution in [0.1, 0.15) is 11.1 Å². The largest absolute Gasteiger partial charge is 0.410 e. The van der Waals surface area contributed by atoms with Crippen LogP contribution in [0, 0.1) is 0 Å². The Bertz CT molecular complexity index is 561. The predicted molar refractivity (Wildman–Crippen MR) is 78.9 cm³/mol. The first-order valence-electron chi connectivity index (χ1n) is 6.17. The molecule has 0 aliphatic rings. The maximum absolute atomic E-state index is 9.02. The van der Waals surface area contributed by atoms with Crippen molar-refractivity contribution < 1.29 is 5.21 Å². The van der Waals surface area contributed by atoms with E-state index in [1.165, 1.54) is 0 Å². The number of rotatable bonds is 2. The number of oxime groups is 1. The summed E-state index contributed by atoms with van der Waals surface area (Å²) in [5.74, 6) is 0. The van der Waals surface area contributed by atoms with Gasteiger partial charge in [0.1, 0.15) is 5.71 Å². The van der Waals surface area contributed by atoms with Gasteiger partial charge < -0.3 is 10.2 Å². The van der Waals surface area contributed by atoms with Crippen molar-refractivity contribution >= 4 is 5.71 Å². The molecule has 0 saturated heterocycles. The number of nitrogens with one attached hydrogen (secondary N) is 1. The number of nitrogens with zero attached hydrogens (tertiary/aromatic N) is 2. The molecule has 20 heavy (non-hydrogen) atoms. The first kappa shape index (κ1) is 13.5. The minimum absolute atomic E-state index is 0.594. The van der Waals surface area contributed by atoms with E-state index in [0.717, 1.165) is 11.1 Å². The van der Waals surface area contributed by atoms with E-state index in [-0.39, 0.29) is 0 Å². The third kappa shape index (κ3) is 3.81. The Balaban J connectivity index is 0.000000247. The number of aromatic nitrogens is 2. The Hall–Kier alpha value is -2.88. The van der Waals surface area contributed by atoms with Crippen LogP contribution in [0.25, 0.3) is 0 Å². The molecule has 0 radical (unpaired) electrons. The van der Waals surface area contributed by atoms with E-state index in [4.69, 9.17) is 5.21 Å². The zero-order valence-electron chi connectivity index (χ0n) is 10.8. The monoisotopic (exact) mass is 265 g/mol. The van der Waals surface area contributed by atoms with Gasteiger partial charge in [0, 0.05) is 23.5 Å². The fraction of sp³-hybridized carbons (Fsp3) is 0. The predicted octanol–water partition coefficient (Wildman–Crippen LogP) is 3.32. The Morgan fingerprint density at radius 2 is 1.45 bits per heavy atom. The molecule has 4 heteroatoms. The summed E-state index contributed by atoms with van der Waals surface area (Å²) in [6.45, 7) is 0. The molecule has 1 aromatic heterocycles. The summed E-state index contributed by atoms with van der Waals surface area (Å²) in [4.78, 5) is 6.42. The molecule has 3 rings (SSSR count). The van der Waals surface area contributed by atoms with Gasteiger partial charge in [-0.1, -0.05) is 65.8 Å². The topological polar surface area (TPSA) is 61.3 Å². The first-order chi connectivity index (χ1) is 9.92. The highest BCUT2D eigenvalue weighted by atomic mass is 16.4. The Kier molecular flexibility index (Phi) is 5.10. The van der Waals surface area contributed by atoms with Gasteiger partial charge in [-0.3, -0.25) is 0 Å². The standard InChI is InChI=1S/C13H11NO.C3H4N2/c15-14-13(11-7-3-1-4-8-11)12-9-5-2-6-10-12;1-2-5-3-4-1/h1-10,15H;1-3H,(H,4,5). The molecule has 0 aliphatic carbocycles. The van der Waals surface area contributed by atoms with Crippen molar-refractivity contribution in [1.29, 1.82) is 0 Å². The zero-order chi connectivity index (χ0) is 14.0. The lowest BCUT2D eigenvalue weighted by atomic mass is 10.0. The van der Waals surface area contributed by atoms with Crippen LogP contribution in [-0.2, 0) is 0 Å². The van der Waals surface area contributed by atoms with Crippen molar-refractivity contribution in [3.05, 3.63) is 90.5 Å². The van der Waals surface area contributed by atoms with E-state index < -0.39 is 0 Å². The van der Waals surface area contributed by atoms with Crippen LogP contribution in [-0.4, -0.2) is 20.9 Å². The van der Waals surface area contributed by atoms with E-state index in [1.807, 2.05) is 60.7 Å². The van der Waals surface area contributed by atoms with Crippen molar-refractivity contribution in [2.24, 2.45) is 5.16 Å². The van der Waals surface area contributed by atoms with Crippen LogP contribution in [0.15, 0.2) is 84.5 Å². The van der Waals surface area contributed by atoms with Crippen LogP contribution >= 0.6 is 0 Å². The highest BCUT2D eigenvalue weighted by molar-refractivity contribution is 6.12. The normalized spacial score (nSPS) is 9.20. The molecule has 2 N–H and O–H groups in total. The third-order valence-electron chi connectivity index (χ3n) is 2.60. The molecular formula is C16H15N3O. The molecule has 0 atom stereocenters. The summed E-state index contributed by atoms with van der Waals surface area (Å²) < 4.78 is 0. The zero-order valence-corrected chi connectivity index (χ0v) is 10.8. The third-order valence-corrected chi connectivity index (χ3v) is 2.60. The molecule has 0 aliphatic heterocycles. The number of H-pyrrole nitrogens is 1. The van der Waals surface area contributed by atoms with Crippen LogP contribution < -0.4 is 0 Å². The smallest absolute Gasteiger partial charge is 0.117 e. The quantitative estimate of drug-likeness (QED) is 0.424. The first-order valence-corrected chi connectivity index (χ1v) is 6.17. The van der Waals surface area contributed by atoms with E-state index >= 15 is 0 Å². The average Bonchev–Trinajstić information content (AvgIpc) is 3.10. The molecule has 0 fully saturated rings. The lowest BCUT2D eigenvalue weighted by molar-refractivity contribution is 0.319. The summed E-state index contributed by atoms with van der Waals surface area (Å²) in [5, 5.41) is 12.4. The molecular weight excluding hydrogens is 250 g/mol. The molecule has 0 bridgehead atoms. The summed E-state index contributed by atoms with van der Waals surface area (Å²) >= 11 is 0. The van der Waals surface area contributed by atoms with Gasteiger partial charge in [-0.15, -0.1) is 0 Å². The van der Waals surface area contributed by atoms with Crippen molar-refractivity contribution in [3.8, 4) is 0 Å². The lowest BCUT2D eigenvalue weighted by Crippen LogP contribution is -2.02. The number of aromatic amines is 1. The second-order valence-electron chi connectivity index (χ2n) is 3.94. The lowest BCUT2D eigenvalue weighted by Gasteiger charge is -2.03. The van der Waals surface area contributed by atoms with Gasteiger partial charge >= 0.3 is 0 Å². The van der Waals surface area contributed by atoms with E-state index in [9.17, 15) is 0 Å². The van der Waals surface area contributed by atoms with Gasteiger partial charge in [-0.25, -0.2) is 4.98 Å². The van der Waals surface area contributed by atoms with Crippen molar-refractivity contribution in [2.75, 3.05) is 0 Å². The fourth-order valence-electron chi connectivity index (χ4n) is 1.69. The van der Waals surface area contributed by atoms with E-state index in [2.05, 4.69) is 15.1 Å². The molecule has 2 aromatic carbocycles. The Morgan fingerprint density at radius 3 is 1.75 bits per heavy atom. The van der Waals surface area contributed by atoms with Crippen LogP contribution in [0.5, 0.6) is 0 Å². The molecule has 0 amide bonds. The summed E-state index contributed by atoms with van der Waals surface area (Å²) in [6, 6.07) is 19.2. The van der Waals surface area contributed by atoms with Gasteiger partial charge in [0.05, 0.1) is 6.33 Å². The average molecular weight is 265 g/mol. The maximum atomic E-state index is 9.02. The number of imidazole rings is 1. The van der Waals surface area contributed by atoms with Gasteiger partial charge in [-0.2, -0.15) is 0 Å². The Morgan fingerprint density at radius 1 is 0.900 bits per heavy atom. The molecule has 3 aromatic rings. The van der Waals surface area contributed by atoms with Crippen LogP contribution in [0.2, 0.25) is 0 Å². The second-order valence-corrected chi connectivity index (χ2v) is 3.94. The fourth-order valence-corrected chi connectivity index (χ4v) is 1.69. The molecule has 100 valence electrons. The van der Waals surface area contributed by atoms with E-state index in [1.54, 1.807) is 18.7 Å². The molecule has 4 nitrogen and oxygen atoms in total. The summed E-state index contributed by atoms with van der Waals surface area (Å²) in [5.41, 5.74) is 2.41. The van der Waals surface area contributed by atoms with Gasteiger partial charge in [0.2, 0.25) is 0 Å². The minimum atomic E-state index is 0.594. The Labute approximate surface area is 117 Å². The second kappa shape index (κ2) is 7.53. The van der Waals surface area contributed by atoms with E-state index in [0.29, 0.717) is 5.71 Å². The SMILES string of the molecule is ON=C(c1ccccc1)c1ccccc1.c1c[nH]cn1. The molecule has 0 unspecified atom stereocenters. The summed E-state index contributed by atoms with van der Waals surface area (Å²) in [7, 11) is 0. The van der Waals surface area contributed by atoms with Gasteiger partial charge in [-0.05, 0) is 0 Å². The number of hydrogen-bond acceptors (Lipinski definition) is 3. The molecule has 0 saturated carbocycles. The van der Waals surface area contributed by atoms with Crippen LogP contribution in [0.4, 0.5) is 0 Å².